The minimum absolute atomic E-state index is 0.362. The molecule has 1 heterocycles. The summed E-state index contributed by atoms with van der Waals surface area (Å²) in [5.74, 6) is 0.988. The second kappa shape index (κ2) is 16.2. The Morgan fingerprint density at radius 2 is 1.20 bits per heavy atom. The van der Waals surface area contributed by atoms with Gasteiger partial charge in [0.25, 0.3) is 0 Å². The molecule has 0 atom stereocenters. The van der Waals surface area contributed by atoms with Gasteiger partial charge in [0.15, 0.2) is 0 Å². The summed E-state index contributed by atoms with van der Waals surface area (Å²) in [6.07, 6.45) is 24.8. The standard InChI is InChI=1S/C27H45NO2/c1-30-26-21-18-20-25-27(26)24(23-28-25)19-16-14-12-10-8-6-4-2-3-5-7-9-11-13-15-17-22-29/h18,20-21,23,28-29H,2-17,19,22H2,1H3. The Kier molecular flexibility index (Phi) is 13.4. The molecule has 2 rings (SSSR count). The van der Waals surface area contributed by atoms with Gasteiger partial charge in [0, 0.05) is 23.7 Å². The van der Waals surface area contributed by atoms with Crippen molar-refractivity contribution >= 4 is 10.9 Å². The number of hydrogen-bond acceptors (Lipinski definition) is 2. The number of H-pyrrole nitrogens is 1. The number of hydrogen-bond donors (Lipinski definition) is 2. The minimum atomic E-state index is 0.362. The third kappa shape index (κ3) is 9.55. The van der Waals surface area contributed by atoms with Gasteiger partial charge in [-0.15, -0.1) is 0 Å². The SMILES string of the molecule is COc1cccc2[nH]cc(CCCCCCCCCCCCCCCCCCO)c12. The quantitative estimate of drug-likeness (QED) is 0.229. The summed E-state index contributed by atoms with van der Waals surface area (Å²) in [7, 11) is 1.76. The zero-order valence-electron chi connectivity index (χ0n) is 19.4. The molecule has 170 valence electrons. The van der Waals surface area contributed by atoms with Crippen molar-refractivity contribution in [3.05, 3.63) is 30.0 Å². The van der Waals surface area contributed by atoms with Crippen LogP contribution in [-0.4, -0.2) is 23.8 Å². The van der Waals surface area contributed by atoms with Gasteiger partial charge in [-0.3, -0.25) is 0 Å². The molecular weight excluding hydrogens is 370 g/mol. The van der Waals surface area contributed by atoms with Crippen molar-refractivity contribution in [2.24, 2.45) is 0 Å². The van der Waals surface area contributed by atoms with Crippen LogP contribution in [0.2, 0.25) is 0 Å². The van der Waals surface area contributed by atoms with Crippen molar-refractivity contribution < 1.29 is 9.84 Å². The van der Waals surface area contributed by atoms with E-state index in [1.54, 1.807) is 7.11 Å². The number of aromatic amines is 1. The number of aliphatic hydroxyl groups is 1. The van der Waals surface area contributed by atoms with E-state index in [-0.39, 0.29) is 0 Å². The Morgan fingerprint density at radius 1 is 0.700 bits per heavy atom. The van der Waals surface area contributed by atoms with Gasteiger partial charge >= 0.3 is 0 Å². The first-order chi connectivity index (χ1) is 14.9. The van der Waals surface area contributed by atoms with Crippen LogP contribution in [0.4, 0.5) is 0 Å². The minimum Gasteiger partial charge on any atom is -0.496 e. The van der Waals surface area contributed by atoms with Gasteiger partial charge < -0.3 is 14.8 Å². The Labute approximate surface area is 184 Å². The molecule has 0 aliphatic carbocycles. The number of benzene rings is 1. The molecule has 0 fully saturated rings. The number of ether oxygens (including phenoxy) is 1. The second-order valence-electron chi connectivity index (χ2n) is 8.83. The van der Waals surface area contributed by atoms with Crippen molar-refractivity contribution in [2.75, 3.05) is 13.7 Å². The summed E-state index contributed by atoms with van der Waals surface area (Å²) in [5, 5.41) is 10.0. The van der Waals surface area contributed by atoms with Crippen molar-refractivity contribution in [2.45, 2.75) is 109 Å². The summed E-state index contributed by atoms with van der Waals surface area (Å²) in [4.78, 5) is 3.38. The molecule has 30 heavy (non-hydrogen) atoms. The molecule has 0 bridgehead atoms. The monoisotopic (exact) mass is 415 g/mol. The normalized spacial score (nSPS) is 11.4. The van der Waals surface area contributed by atoms with Gasteiger partial charge in [-0.1, -0.05) is 96.0 Å². The first kappa shape index (κ1) is 24.8. The van der Waals surface area contributed by atoms with E-state index in [0.29, 0.717) is 6.61 Å². The maximum atomic E-state index is 8.76. The van der Waals surface area contributed by atoms with Crippen molar-refractivity contribution in [1.82, 2.24) is 4.98 Å². The van der Waals surface area contributed by atoms with Crippen molar-refractivity contribution in [3.63, 3.8) is 0 Å². The van der Waals surface area contributed by atoms with Crippen molar-refractivity contribution in [3.8, 4) is 5.75 Å². The molecule has 0 aliphatic rings. The molecule has 3 nitrogen and oxygen atoms in total. The lowest BCUT2D eigenvalue weighted by Crippen LogP contribution is -1.88. The number of rotatable bonds is 19. The fourth-order valence-electron chi connectivity index (χ4n) is 4.49. The molecule has 0 saturated carbocycles. The highest BCUT2D eigenvalue weighted by Crippen LogP contribution is 2.29. The first-order valence-corrected chi connectivity index (χ1v) is 12.6. The zero-order valence-corrected chi connectivity index (χ0v) is 19.4. The van der Waals surface area contributed by atoms with E-state index in [0.717, 1.165) is 18.6 Å². The van der Waals surface area contributed by atoms with Gasteiger partial charge in [-0.05, 0) is 37.0 Å². The third-order valence-electron chi connectivity index (χ3n) is 6.32. The average molecular weight is 416 g/mol. The number of aliphatic hydroxyl groups excluding tert-OH is 1. The molecule has 1 aromatic carbocycles. The van der Waals surface area contributed by atoms with Crippen LogP contribution in [0.15, 0.2) is 24.4 Å². The number of methoxy groups -OCH3 is 1. The van der Waals surface area contributed by atoms with Gasteiger partial charge in [0.1, 0.15) is 5.75 Å². The fourth-order valence-corrected chi connectivity index (χ4v) is 4.49. The van der Waals surface area contributed by atoms with Gasteiger partial charge in [0.2, 0.25) is 0 Å². The second-order valence-corrected chi connectivity index (χ2v) is 8.83. The largest absolute Gasteiger partial charge is 0.496 e. The molecule has 3 heteroatoms. The Morgan fingerprint density at radius 3 is 1.70 bits per heavy atom. The van der Waals surface area contributed by atoms with E-state index in [1.807, 2.05) is 6.07 Å². The molecule has 2 N–H and O–H groups in total. The van der Waals surface area contributed by atoms with E-state index >= 15 is 0 Å². The van der Waals surface area contributed by atoms with Gasteiger partial charge in [0.05, 0.1) is 7.11 Å². The Hall–Kier alpha value is -1.48. The fraction of sp³-hybridized carbons (Fsp3) is 0.704. The maximum absolute atomic E-state index is 8.76. The van der Waals surface area contributed by atoms with E-state index < -0.39 is 0 Å². The maximum Gasteiger partial charge on any atom is 0.128 e. The Balaban J connectivity index is 1.38. The number of aryl methyl sites for hydroxylation is 1. The summed E-state index contributed by atoms with van der Waals surface area (Å²) >= 11 is 0. The molecule has 0 unspecified atom stereocenters. The van der Waals surface area contributed by atoms with E-state index in [4.69, 9.17) is 9.84 Å². The smallest absolute Gasteiger partial charge is 0.128 e. The third-order valence-corrected chi connectivity index (χ3v) is 6.32. The summed E-state index contributed by atoms with van der Waals surface area (Å²) in [6.45, 7) is 0.362. The molecule has 0 spiro atoms. The predicted molar refractivity (Wildman–Crippen MR) is 130 cm³/mol. The Bertz CT molecular complexity index is 664. The number of aromatic nitrogens is 1. The predicted octanol–water partition coefficient (Wildman–Crippen LogP) is 7.95. The molecule has 1 aromatic heterocycles. The molecule has 0 aliphatic heterocycles. The van der Waals surface area contributed by atoms with Crippen LogP contribution in [0, 0.1) is 0 Å². The highest BCUT2D eigenvalue weighted by atomic mass is 16.5. The zero-order chi connectivity index (χ0) is 21.3. The van der Waals surface area contributed by atoms with Crippen LogP contribution >= 0.6 is 0 Å². The van der Waals surface area contributed by atoms with E-state index in [1.165, 1.54) is 113 Å². The molecule has 0 radical (unpaired) electrons. The van der Waals surface area contributed by atoms with Gasteiger partial charge in [-0.2, -0.15) is 0 Å². The first-order valence-electron chi connectivity index (χ1n) is 12.6. The summed E-state index contributed by atoms with van der Waals surface area (Å²) < 4.78 is 5.54. The number of fused-ring (bicyclic) bond motifs is 1. The van der Waals surface area contributed by atoms with Crippen LogP contribution in [0.1, 0.15) is 108 Å². The highest BCUT2D eigenvalue weighted by molar-refractivity contribution is 5.89. The number of unbranched alkanes of at least 4 members (excludes halogenated alkanes) is 15. The molecule has 0 saturated heterocycles. The lowest BCUT2D eigenvalue weighted by Gasteiger charge is -2.05. The lowest BCUT2D eigenvalue weighted by molar-refractivity contribution is 0.282. The topological polar surface area (TPSA) is 45.2 Å². The van der Waals surface area contributed by atoms with Gasteiger partial charge in [-0.25, -0.2) is 0 Å². The van der Waals surface area contributed by atoms with Crippen LogP contribution in [0.25, 0.3) is 10.9 Å². The average Bonchev–Trinajstić information content (AvgIpc) is 3.19. The highest BCUT2D eigenvalue weighted by Gasteiger charge is 2.08. The summed E-state index contributed by atoms with van der Waals surface area (Å²) in [5.41, 5.74) is 2.58. The van der Waals surface area contributed by atoms with Crippen LogP contribution in [-0.2, 0) is 6.42 Å². The van der Waals surface area contributed by atoms with Crippen LogP contribution in [0.3, 0.4) is 0 Å². The lowest BCUT2D eigenvalue weighted by atomic mass is 10.0. The van der Waals surface area contributed by atoms with Crippen molar-refractivity contribution in [1.29, 1.82) is 0 Å². The molecule has 2 aromatic rings. The molecular formula is C27H45NO2. The molecule has 0 amide bonds. The van der Waals surface area contributed by atoms with Crippen LogP contribution < -0.4 is 4.74 Å². The number of nitrogens with one attached hydrogen (secondary N) is 1. The van der Waals surface area contributed by atoms with E-state index in [2.05, 4.69) is 23.3 Å². The van der Waals surface area contributed by atoms with E-state index in [9.17, 15) is 0 Å². The summed E-state index contributed by atoms with van der Waals surface area (Å²) in [6, 6.07) is 6.23. The van der Waals surface area contributed by atoms with Crippen LogP contribution in [0.5, 0.6) is 5.75 Å².